The van der Waals surface area contributed by atoms with Gasteiger partial charge in [-0.3, -0.25) is 9.98 Å². The minimum absolute atomic E-state index is 0.0873. The van der Waals surface area contributed by atoms with Gasteiger partial charge in [-0.25, -0.2) is 14.4 Å². The molecular formula is C30H30FN7O. The van der Waals surface area contributed by atoms with Crippen LogP contribution in [0.2, 0.25) is 0 Å². The summed E-state index contributed by atoms with van der Waals surface area (Å²) in [7, 11) is 0. The van der Waals surface area contributed by atoms with Crippen LogP contribution in [0.25, 0.3) is 11.3 Å². The number of hydrogen-bond acceptors (Lipinski definition) is 8. The lowest BCUT2D eigenvalue weighted by molar-refractivity contribution is 0.122. The highest BCUT2D eigenvalue weighted by atomic mass is 19.1. The standard InChI is InChI=1S/C30H30FN7O/c31-23-5-1-4-21(18-23)26-8-3-13-37(26)30-12-11-29-33-20-27(38(29)35-30)25-7-2-6-24(34-25)22-9-10-28(32-19-22)36-14-16-39-17-15-36/h1-2,4-7,9-12,18-19,26-27H,3,8,13-17,20H2. The summed E-state index contributed by atoms with van der Waals surface area (Å²) in [6, 6.07) is 17.2. The van der Waals surface area contributed by atoms with Gasteiger partial charge in [0.05, 0.1) is 37.2 Å². The highest BCUT2D eigenvalue weighted by Gasteiger charge is 2.35. The Balaban J connectivity index is 1.12. The minimum Gasteiger partial charge on any atom is -0.378 e. The van der Waals surface area contributed by atoms with Crippen LogP contribution in [0.1, 0.15) is 36.2 Å². The van der Waals surface area contributed by atoms with Gasteiger partial charge in [0.2, 0.25) is 0 Å². The second kappa shape index (κ2) is 10.2. The van der Waals surface area contributed by atoms with E-state index in [0.717, 1.165) is 85.7 Å². The maximum absolute atomic E-state index is 14.0. The molecule has 4 aliphatic rings. The number of aromatic nitrogens is 2. The number of rotatable bonds is 4. The van der Waals surface area contributed by atoms with Crippen molar-refractivity contribution in [1.29, 1.82) is 0 Å². The normalized spacial score (nSPS) is 22.6. The lowest BCUT2D eigenvalue weighted by atomic mass is 10.0. The lowest BCUT2D eigenvalue weighted by Crippen LogP contribution is -2.36. The van der Waals surface area contributed by atoms with E-state index in [2.05, 4.69) is 21.9 Å². The molecule has 1 aromatic carbocycles. The zero-order valence-corrected chi connectivity index (χ0v) is 21.7. The quantitative estimate of drug-likeness (QED) is 0.498. The number of hydrogen-bond donors (Lipinski definition) is 0. The second-order valence-electron chi connectivity index (χ2n) is 10.2. The van der Waals surface area contributed by atoms with E-state index in [1.807, 2.05) is 47.6 Å². The van der Waals surface area contributed by atoms with Gasteiger partial charge >= 0.3 is 0 Å². The topological polar surface area (TPSA) is 69.5 Å². The fourth-order valence-corrected chi connectivity index (χ4v) is 5.82. The summed E-state index contributed by atoms with van der Waals surface area (Å²) in [5, 5.41) is 7.03. The zero-order valence-electron chi connectivity index (χ0n) is 21.7. The average Bonchev–Trinajstić information content (AvgIpc) is 3.65. The predicted molar refractivity (Wildman–Crippen MR) is 149 cm³/mol. The van der Waals surface area contributed by atoms with Gasteiger partial charge < -0.3 is 14.5 Å². The highest BCUT2D eigenvalue weighted by Crippen LogP contribution is 2.35. The Labute approximate surface area is 227 Å². The van der Waals surface area contributed by atoms with Crippen LogP contribution < -0.4 is 4.90 Å². The van der Waals surface area contributed by atoms with E-state index in [0.29, 0.717) is 6.54 Å². The number of hydrazone groups is 1. The number of aliphatic imine (C=N–C) groups is 1. The number of anilines is 1. The fourth-order valence-electron chi connectivity index (χ4n) is 5.82. The third-order valence-corrected chi connectivity index (χ3v) is 7.82. The molecule has 0 saturated carbocycles. The van der Waals surface area contributed by atoms with Gasteiger partial charge in [-0.05, 0) is 67.0 Å². The van der Waals surface area contributed by atoms with Crippen LogP contribution in [-0.2, 0) is 4.74 Å². The molecule has 2 aromatic heterocycles. The van der Waals surface area contributed by atoms with Gasteiger partial charge in [-0.2, -0.15) is 5.10 Å². The summed E-state index contributed by atoms with van der Waals surface area (Å²) in [5.74, 6) is 2.49. The molecule has 2 fully saturated rings. The molecule has 0 amide bonds. The minimum atomic E-state index is -0.202. The Kier molecular flexibility index (Phi) is 6.28. The van der Waals surface area contributed by atoms with Crippen molar-refractivity contribution >= 4 is 17.5 Å². The van der Waals surface area contributed by atoms with Crippen LogP contribution in [0.15, 0.2) is 83.0 Å². The molecule has 6 heterocycles. The summed E-state index contributed by atoms with van der Waals surface area (Å²) < 4.78 is 19.4. The maximum atomic E-state index is 14.0. The highest BCUT2D eigenvalue weighted by molar-refractivity contribution is 6.06. The number of fused-ring (bicyclic) bond motifs is 1. The molecule has 2 saturated heterocycles. The van der Waals surface area contributed by atoms with Crippen molar-refractivity contribution in [3.05, 3.63) is 90.0 Å². The van der Waals surface area contributed by atoms with E-state index < -0.39 is 0 Å². The van der Waals surface area contributed by atoms with E-state index >= 15 is 0 Å². The molecule has 8 nitrogen and oxygen atoms in total. The first-order valence-corrected chi connectivity index (χ1v) is 13.6. The van der Waals surface area contributed by atoms with Crippen molar-refractivity contribution in [2.45, 2.75) is 24.9 Å². The number of amidine groups is 2. The molecule has 3 aromatic rings. The van der Waals surface area contributed by atoms with Crippen LogP contribution in [-0.4, -0.2) is 70.9 Å². The van der Waals surface area contributed by atoms with Crippen molar-refractivity contribution in [2.75, 3.05) is 44.3 Å². The molecule has 0 aliphatic carbocycles. The molecule has 9 heteroatoms. The molecule has 39 heavy (non-hydrogen) atoms. The van der Waals surface area contributed by atoms with Crippen molar-refractivity contribution < 1.29 is 9.13 Å². The summed E-state index contributed by atoms with van der Waals surface area (Å²) in [6.45, 7) is 4.66. The monoisotopic (exact) mass is 523 g/mol. The molecule has 198 valence electrons. The smallest absolute Gasteiger partial charge is 0.149 e. The summed E-state index contributed by atoms with van der Waals surface area (Å²) in [5.41, 5.74) is 3.77. The number of pyridine rings is 2. The Morgan fingerprint density at radius 3 is 2.62 bits per heavy atom. The van der Waals surface area contributed by atoms with Gasteiger partial charge in [0.15, 0.2) is 0 Å². The molecule has 0 radical (unpaired) electrons. The zero-order chi connectivity index (χ0) is 26.2. The first-order chi connectivity index (χ1) is 19.2. The second-order valence-corrected chi connectivity index (χ2v) is 10.2. The van der Waals surface area contributed by atoms with Crippen LogP contribution in [0.4, 0.5) is 10.2 Å². The summed E-state index contributed by atoms with van der Waals surface area (Å²) in [6.07, 6.45) is 7.97. The number of benzene rings is 1. The molecule has 7 rings (SSSR count). The van der Waals surface area contributed by atoms with Crippen molar-refractivity contribution in [3.63, 3.8) is 0 Å². The molecule has 0 spiro atoms. The van der Waals surface area contributed by atoms with Crippen molar-refractivity contribution in [2.24, 2.45) is 10.1 Å². The summed E-state index contributed by atoms with van der Waals surface area (Å²) in [4.78, 5) is 19.0. The van der Waals surface area contributed by atoms with Gasteiger partial charge in [-0.1, -0.05) is 18.2 Å². The molecule has 2 atom stereocenters. The van der Waals surface area contributed by atoms with Crippen LogP contribution in [0.3, 0.4) is 0 Å². The number of halogens is 1. The summed E-state index contributed by atoms with van der Waals surface area (Å²) >= 11 is 0. The maximum Gasteiger partial charge on any atom is 0.149 e. The Hall–Kier alpha value is -4.11. The molecular weight excluding hydrogens is 493 g/mol. The number of likely N-dealkylation sites (tertiary alicyclic amines) is 1. The van der Waals surface area contributed by atoms with Gasteiger partial charge in [-0.15, -0.1) is 0 Å². The molecule has 0 bridgehead atoms. The molecule has 2 unspecified atom stereocenters. The van der Waals surface area contributed by atoms with E-state index in [-0.39, 0.29) is 17.9 Å². The van der Waals surface area contributed by atoms with E-state index in [4.69, 9.17) is 24.8 Å². The Bertz CT molecular complexity index is 1450. The first-order valence-electron chi connectivity index (χ1n) is 13.6. The third-order valence-electron chi connectivity index (χ3n) is 7.82. The number of ether oxygens (including phenoxy) is 1. The van der Waals surface area contributed by atoms with E-state index in [1.165, 1.54) is 6.07 Å². The van der Waals surface area contributed by atoms with E-state index in [1.54, 1.807) is 12.1 Å². The Morgan fingerprint density at radius 2 is 1.77 bits per heavy atom. The third kappa shape index (κ3) is 4.67. The van der Waals surface area contributed by atoms with Crippen LogP contribution in [0, 0.1) is 5.82 Å². The number of morpholine rings is 1. The van der Waals surface area contributed by atoms with Crippen molar-refractivity contribution in [3.8, 4) is 11.3 Å². The lowest BCUT2D eigenvalue weighted by Gasteiger charge is -2.31. The molecule has 4 aliphatic heterocycles. The molecule has 0 N–H and O–H groups in total. The SMILES string of the molecule is Fc1cccc(C2CCCN2C2=NN3C(=NCC3c3cccc(-c4ccc(N5CCOCC5)nc4)n3)C=C2)c1. The first kappa shape index (κ1) is 24.0. The fraction of sp³-hybridized carbons (Fsp3) is 0.333. The van der Waals surface area contributed by atoms with Crippen LogP contribution >= 0.6 is 0 Å². The average molecular weight is 524 g/mol. The largest absolute Gasteiger partial charge is 0.378 e. The number of nitrogens with zero attached hydrogens (tertiary/aromatic N) is 7. The van der Waals surface area contributed by atoms with E-state index in [9.17, 15) is 4.39 Å². The van der Waals surface area contributed by atoms with Crippen LogP contribution in [0.5, 0.6) is 0 Å². The predicted octanol–water partition coefficient (Wildman–Crippen LogP) is 4.59. The van der Waals surface area contributed by atoms with Gasteiger partial charge in [0, 0.05) is 31.4 Å². The Morgan fingerprint density at radius 1 is 0.897 bits per heavy atom. The van der Waals surface area contributed by atoms with Gasteiger partial charge in [0.1, 0.15) is 29.3 Å². The van der Waals surface area contributed by atoms with Crippen molar-refractivity contribution in [1.82, 2.24) is 19.9 Å². The van der Waals surface area contributed by atoms with Gasteiger partial charge in [0.25, 0.3) is 0 Å².